The van der Waals surface area contributed by atoms with Crippen LogP contribution in [0.3, 0.4) is 0 Å². The van der Waals surface area contributed by atoms with Crippen molar-refractivity contribution in [2.24, 2.45) is 5.92 Å². The van der Waals surface area contributed by atoms with Crippen LogP contribution in [0.25, 0.3) is 0 Å². The minimum atomic E-state index is -2.53. The molecular weight excluding hydrogens is 295 g/mol. The van der Waals surface area contributed by atoms with E-state index in [2.05, 4.69) is 0 Å². The van der Waals surface area contributed by atoms with E-state index in [4.69, 9.17) is 4.74 Å². The number of aliphatic carboxylic acids is 1. The van der Waals surface area contributed by atoms with E-state index in [1.165, 1.54) is 0 Å². The maximum atomic E-state index is 11.4. The predicted molar refractivity (Wildman–Crippen MR) is 66.3 cm³/mol. The van der Waals surface area contributed by atoms with Gasteiger partial charge in [0.2, 0.25) is 0 Å². The molecule has 0 saturated carbocycles. The van der Waals surface area contributed by atoms with E-state index in [1.807, 2.05) is 13.8 Å². The van der Waals surface area contributed by atoms with Crippen molar-refractivity contribution in [3.05, 3.63) is 0 Å². The van der Waals surface area contributed by atoms with Crippen LogP contribution in [0.4, 0.5) is 0 Å². The second-order valence-electron chi connectivity index (χ2n) is 4.30. The van der Waals surface area contributed by atoms with Crippen LogP contribution >= 0.6 is 0 Å². The van der Waals surface area contributed by atoms with Crippen LogP contribution in [0.2, 0.25) is 0 Å². The molecule has 0 aromatic carbocycles. The van der Waals surface area contributed by atoms with Gasteiger partial charge in [-0.05, 0) is 30.3 Å². The Labute approximate surface area is 144 Å². The van der Waals surface area contributed by atoms with Gasteiger partial charge >= 0.3 is 35.5 Å². The van der Waals surface area contributed by atoms with Gasteiger partial charge in [-0.15, -0.1) is 0 Å². The van der Waals surface area contributed by atoms with Crippen LogP contribution in [0.15, 0.2) is 0 Å². The van der Waals surface area contributed by atoms with Crippen molar-refractivity contribution in [2.45, 2.75) is 57.8 Å². The van der Waals surface area contributed by atoms with E-state index < -0.39 is 34.9 Å². The smallest absolute Gasteiger partial charge is 0.770 e. The molecule has 0 bridgehead atoms. The fraction of sp³-hybridized carbons (Fsp3) is 0.833. The number of hydrogen-bond acceptors (Lipinski definition) is 6. The molecule has 20 heavy (non-hydrogen) atoms. The second kappa shape index (κ2) is 12.8. The summed E-state index contributed by atoms with van der Waals surface area (Å²) < 4.78 is 27.1. The van der Waals surface area contributed by atoms with Crippen LogP contribution in [0.5, 0.6) is 0 Å². The Bertz CT molecular complexity index is 323. The number of ether oxygens (including phenoxy) is 1. The summed E-state index contributed by atoms with van der Waals surface area (Å²) in [5.74, 6) is -2.45. The third kappa shape index (κ3) is 9.88. The average molecular weight is 315 g/mol. The first kappa shape index (κ1) is 22.3. The summed E-state index contributed by atoms with van der Waals surface area (Å²) in [5.41, 5.74) is -1.20. The first-order valence-corrected chi connectivity index (χ1v) is 7.53. The Hall–Kier alpha value is 0.0500. The average Bonchev–Trinajstić information content (AvgIpc) is 2.35. The third-order valence-electron chi connectivity index (χ3n) is 2.81. The standard InChI is InChI=1S/C12H22O6S.Na/c1-3-5-6-9(4-2)12(19(16)17)18-11(15)8-7-10(13)14;/h9,12H,3-8H2,1-2H3,(H,13,14)(H,16,17);/q;+1/p-2. The monoisotopic (exact) mass is 315 g/mol. The van der Waals surface area contributed by atoms with Crippen molar-refractivity contribution in [3.8, 4) is 0 Å². The van der Waals surface area contributed by atoms with E-state index in [9.17, 15) is 23.5 Å². The molecule has 0 heterocycles. The number of rotatable bonds is 10. The van der Waals surface area contributed by atoms with Crippen molar-refractivity contribution < 1.29 is 57.8 Å². The van der Waals surface area contributed by atoms with E-state index >= 15 is 0 Å². The molecule has 0 rings (SSSR count). The number of carboxylic acid groups (broad SMARTS) is 1. The van der Waals surface area contributed by atoms with Crippen LogP contribution in [0.1, 0.15) is 52.4 Å². The first-order valence-electron chi connectivity index (χ1n) is 6.39. The van der Waals surface area contributed by atoms with E-state index in [0.717, 1.165) is 12.8 Å². The van der Waals surface area contributed by atoms with Crippen LogP contribution < -0.4 is 34.7 Å². The molecular formula is C12H20NaO6S-. The number of carbonyl (C=O) groups excluding carboxylic acids is 2. The van der Waals surface area contributed by atoms with E-state index in [0.29, 0.717) is 12.8 Å². The molecule has 0 aliphatic heterocycles. The molecule has 0 saturated heterocycles. The minimum absolute atomic E-state index is 0. The van der Waals surface area contributed by atoms with Gasteiger partial charge in [-0.3, -0.25) is 9.00 Å². The minimum Gasteiger partial charge on any atom is -0.770 e. The molecule has 3 atom stereocenters. The summed E-state index contributed by atoms with van der Waals surface area (Å²) in [5, 5.41) is 10.2. The summed E-state index contributed by atoms with van der Waals surface area (Å²) in [6, 6.07) is 0. The van der Waals surface area contributed by atoms with Crippen molar-refractivity contribution in [1.29, 1.82) is 0 Å². The summed E-state index contributed by atoms with van der Waals surface area (Å²) in [4.78, 5) is 21.6. The zero-order valence-corrected chi connectivity index (χ0v) is 15.1. The number of unbranched alkanes of at least 4 members (excludes halogenated alkanes) is 1. The Balaban J connectivity index is 0. The van der Waals surface area contributed by atoms with Crippen molar-refractivity contribution in [2.75, 3.05) is 0 Å². The van der Waals surface area contributed by atoms with Crippen LogP contribution in [-0.2, 0) is 25.4 Å². The third-order valence-corrected chi connectivity index (χ3v) is 3.67. The molecule has 3 unspecified atom stereocenters. The molecule has 0 fully saturated rings. The van der Waals surface area contributed by atoms with Gasteiger partial charge in [0.15, 0.2) is 5.44 Å². The molecule has 0 amide bonds. The summed E-state index contributed by atoms with van der Waals surface area (Å²) in [6.45, 7) is 3.82. The van der Waals surface area contributed by atoms with Crippen molar-refractivity contribution in [1.82, 2.24) is 0 Å². The molecule has 0 radical (unpaired) electrons. The van der Waals surface area contributed by atoms with Crippen LogP contribution in [-0.4, -0.2) is 26.1 Å². The van der Waals surface area contributed by atoms with Gasteiger partial charge in [-0.2, -0.15) is 0 Å². The number of carboxylic acids is 1. The second-order valence-corrected chi connectivity index (χ2v) is 5.29. The Morgan fingerprint density at radius 3 is 2.25 bits per heavy atom. The van der Waals surface area contributed by atoms with E-state index in [1.54, 1.807) is 0 Å². The fourth-order valence-corrected chi connectivity index (χ4v) is 2.51. The molecule has 0 N–H and O–H groups in total. The van der Waals surface area contributed by atoms with Crippen molar-refractivity contribution >= 4 is 23.0 Å². The number of hydrogen-bond donors (Lipinski definition) is 0. The normalized spacial score (nSPS) is 14.8. The molecule has 0 aliphatic rings. The predicted octanol–water partition coefficient (Wildman–Crippen LogP) is -2.51. The van der Waals surface area contributed by atoms with Crippen molar-refractivity contribution in [3.63, 3.8) is 0 Å². The summed E-state index contributed by atoms with van der Waals surface area (Å²) >= 11 is -2.53. The molecule has 8 heteroatoms. The van der Waals surface area contributed by atoms with Gasteiger partial charge in [0, 0.05) is 11.9 Å². The molecule has 0 aliphatic carbocycles. The fourth-order valence-electron chi connectivity index (χ4n) is 1.68. The summed E-state index contributed by atoms with van der Waals surface area (Å²) in [7, 11) is 0. The topological polar surface area (TPSA) is 107 Å². The van der Waals surface area contributed by atoms with Gasteiger partial charge in [0.25, 0.3) is 0 Å². The maximum absolute atomic E-state index is 11.4. The van der Waals surface area contributed by atoms with Gasteiger partial charge in [0.05, 0.1) is 6.42 Å². The zero-order chi connectivity index (χ0) is 14.8. The maximum Gasteiger partial charge on any atom is 1.00 e. The van der Waals surface area contributed by atoms with Gasteiger partial charge in [0.1, 0.15) is 0 Å². The molecule has 112 valence electrons. The Morgan fingerprint density at radius 1 is 1.25 bits per heavy atom. The molecule has 0 spiro atoms. The van der Waals surface area contributed by atoms with Gasteiger partial charge < -0.3 is 19.2 Å². The van der Waals surface area contributed by atoms with Gasteiger partial charge in [-0.1, -0.05) is 26.7 Å². The van der Waals surface area contributed by atoms with Gasteiger partial charge in [-0.25, -0.2) is 0 Å². The molecule has 0 aromatic heterocycles. The largest absolute Gasteiger partial charge is 1.00 e. The SMILES string of the molecule is CCCCC(CC)C(OC(=O)CCC(=O)[O-])S(=O)[O-].[Na+]. The van der Waals surface area contributed by atoms with E-state index in [-0.39, 0.29) is 41.9 Å². The number of esters is 1. The molecule has 6 nitrogen and oxygen atoms in total. The Kier molecular flexibility index (Phi) is 14.3. The first-order chi connectivity index (χ1) is 8.92. The quantitative estimate of drug-likeness (QED) is 0.250. The number of carbonyl (C=O) groups is 2. The molecule has 0 aromatic rings. The zero-order valence-electron chi connectivity index (χ0n) is 12.3. The summed E-state index contributed by atoms with van der Waals surface area (Å²) in [6.07, 6.45) is 2.16. The van der Waals surface area contributed by atoms with Crippen LogP contribution in [0, 0.1) is 5.92 Å². The Morgan fingerprint density at radius 2 is 1.85 bits per heavy atom.